The van der Waals surface area contributed by atoms with Gasteiger partial charge in [-0.1, -0.05) is 17.7 Å². The van der Waals surface area contributed by atoms with Crippen molar-refractivity contribution in [1.82, 2.24) is 25.1 Å². The molecule has 3 heterocycles. The van der Waals surface area contributed by atoms with Crippen molar-refractivity contribution in [2.45, 2.75) is 6.92 Å². The van der Waals surface area contributed by atoms with Gasteiger partial charge in [-0.2, -0.15) is 10.1 Å². The molecule has 0 aliphatic carbocycles. The van der Waals surface area contributed by atoms with Crippen molar-refractivity contribution in [3.63, 3.8) is 0 Å². The van der Waals surface area contributed by atoms with Gasteiger partial charge < -0.3 is 4.98 Å². The number of nitrogens with one attached hydrogen (secondary N) is 2. The van der Waals surface area contributed by atoms with Gasteiger partial charge in [-0.3, -0.25) is 4.98 Å². The number of anilines is 1. The Morgan fingerprint density at radius 3 is 3.00 bits per heavy atom. The molecule has 0 bridgehead atoms. The van der Waals surface area contributed by atoms with Crippen molar-refractivity contribution in [2.24, 2.45) is 5.10 Å². The molecule has 0 radical (unpaired) electrons. The summed E-state index contributed by atoms with van der Waals surface area (Å²) in [6.45, 7) is 2.04. The van der Waals surface area contributed by atoms with Crippen molar-refractivity contribution >= 4 is 34.2 Å². The average Bonchev–Trinajstić information content (AvgIpc) is 2.93. The van der Waals surface area contributed by atoms with E-state index in [0.29, 0.717) is 11.6 Å². The molecule has 1 aromatic carbocycles. The summed E-state index contributed by atoms with van der Waals surface area (Å²) in [6, 6.07) is 11.7. The van der Waals surface area contributed by atoms with Crippen molar-refractivity contribution in [3.8, 4) is 0 Å². The Morgan fingerprint density at radius 1 is 1.17 bits per heavy atom. The van der Waals surface area contributed by atoms with E-state index < -0.39 is 0 Å². The highest BCUT2D eigenvalue weighted by atomic mass is 15.4. The third kappa shape index (κ3) is 2.59. The Morgan fingerprint density at radius 2 is 2.13 bits per heavy atom. The van der Waals surface area contributed by atoms with Crippen molar-refractivity contribution < 1.29 is 0 Å². The molecule has 0 amide bonds. The molecule has 0 atom stereocenters. The first-order valence-electron chi connectivity index (χ1n) is 7.12. The summed E-state index contributed by atoms with van der Waals surface area (Å²) >= 11 is 0. The van der Waals surface area contributed by atoms with Gasteiger partial charge >= 0.3 is 0 Å². The Balaban J connectivity index is 1.64. The number of benzene rings is 1. The van der Waals surface area contributed by atoms with Crippen LogP contribution in [0.5, 0.6) is 0 Å². The molecule has 112 valence electrons. The molecule has 0 aliphatic rings. The highest BCUT2D eigenvalue weighted by Crippen LogP contribution is 2.23. The van der Waals surface area contributed by atoms with Crippen LogP contribution in [-0.2, 0) is 0 Å². The van der Waals surface area contributed by atoms with Crippen molar-refractivity contribution in [2.75, 3.05) is 5.43 Å². The minimum absolute atomic E-state index is 0.327. The number of nitrogens with zero attached hydrogens (tertiary/aromatic N) is 5. The van der Waals surface area contributed by atoms with Crippen LogP contribution in [0.25, 0.3) is 22.1 Å². The van der Waals surface area contributed by atoms with Crippen LogP contribution in [0.2, 0.25) is 0 Å². The summed E-state index contributed by atoms with van der Waals surface area (Å²) < 4.78 is 0. The molecule has 0 spiro atoms. The molecule has 0 unspecified atom stereocenters. The maximum absolute atomic E-state index is 4.40. The smallest absolute Gasteiger partial charge is 0.265 e. The molecule has 3 aromatic heterocycles. The summed E-state index contributed by atoms with van der Waals surface area (Å²) in [5, 5.41) is 13.4. The fraction of sp³-hybridized carbons (Fsp3) is 0.0625. The zero-order chi connectivity index (χ0) is 15.6. The second kappa shape index (κ2) is 5.45. The number of hydrogen-bond donors (Lipinski definition) is 2. The molecule has 0 saturated heterocycles. The largest absolute Gasteiger partial charge is 0.338 e. The number of aromatic nitrogens is 5. The highest BCUT2D eigenvalue weighted by molar-refractivity contribution is 6.03. The van der Waals surface area contributed by atoms with Gasteiger partial charge in [0.05, 0.1) is 11.9 Å². The van der Waals surface area contributed by atoms with E-state index in [4.69, 9.17) is 0 Å². The SMILES string of the molecule is Cc1ccc2[nH]c3nc(N/N=C\c4ccccn4)nnc3c2c1. The molecular weight excluding hydrogens is 290 g/mol. The molecule has 4 rings (SSSR count). The third-order valence-electron chi connectivity index (χ3n) is 3.42. The fourth-order valence-electron chi connectivity index (χ4n) is 2.34. The predicted molar refractivity (Wildman–Crippen MR) is 89.4 cm³/mol. The number of pyridine rings is 1. The Kier molecular flexibility index (Phi) is 3.16. The van der Waals surface area contributed by atoms with E-state index in [1.54, 1.807) is 12.4 Å². The minimum atomic E-state index is 0.327. The topological polar surface area (TPSA) is 91.7 Å². The predicted octanol–water partition coefficient (Wildman–Crippen LogP) is 2.66. The van der Waals surface area contributed by atoms with Crippen LogP contribution in [0.15, 0.2) is 47.7 Å². The van der Waals surface area contributed by atoms with E-state index in [2.05, 4.69) is 41.7 Å². The van der Waals surface area contributed by atoms with Crippen LogP contribution < -0.4 is 5.43 Å². The van der Waals surface area contributed by atoms with Crippen molar-refractivity contribution in [1.29, 1.82) is 0 Å². The molecule has 23 heavy (non-hydrogen) atoms. The van der Waals surface area contributed by atoms with Crippen LogP contribution in [0.4, 0.5) is 5.95 Å². The van der Waals surface area contributed by atoms with Gasteiger partial charge in [0, 0.05) is 17.1 Å². The van der Waals surface area contributed by atoms with E-state index in [1.165, 1.54) is 5.56 Å². The van der Waals surface area contributed by atoms with Gasteiger partial charge in [0.15, 0.2) is 5.65 Å². The van der Waals surface area contributed by atoms with Crippen molar-refractivity contribution in [3.05, 3.63) is 53.9 Å². The Labute approximate surface area is 131 Å². The molecule has 2 N–H and O–H groups in total. The lowest BCUT2D eigenvalue weighted by Gasteiger charge is -1.97. The molecule has 4 aromatic rings. The normalized spacial score (nSPS) is 11.5. The third-order valence-corrected chi connectivity index (χ3v) is 3.42. The molecule has 7 heteroatoms. The summed E-state index contributed by atoms with van der Waals surface area (Å²) in [4.78, 5) is 11.8. The second-order valence-electron chi connectivity index (χ2n) is 5.13. The van der Waals surface area contributed by atoms with E-state index in [-0.39, 0.29) is 0 Å². The second-order valence-corrected chi connectivity index (χ2v) is 5.13. The summed E-state index contributed by atoms with van der Waals surface area (Å²) in [5.74, 6) is 0.327. The highest BCUT2D eigenvalue weighted by Gasteiger charge is 2.08. The summed E-state index contributed by atoms with van der Waals surface area (Å²) in [6.07, 6.45) is 3.31. The molecule has 0 saturated carbocycles. The lowest BCUT2D eigenvalue weighted by atomic mass is 10.2. The first kappa shape index (κ1) is 13.3. The maximum Gasteiger partial charge on any atom is 0.265 e. The molecule has 0 fully saturated rings. The van der Waals surface area contributed by atoms with Crippen LogP contribution in [-0.4, -0.2) is 31.4 Å². The number of rotatable bonds is 3. The first-order valence-corrected chi connectivity index (χ1v) is 7.12. The van der Waals surface area contributed by atoms with Crippen LogP contribution in [0, 0.1) is 6.92 Å². The first-order chi connectivity index (χ1) is 11.3. The number of hydrazone groups is 1. The van der Waals surface area contributed by atoms with Gasteiger partial charge in [0.1, 0.15) is 5.52 Å². The summed E-state index contributed by atoms with van der Waals surface area (Å²) in [5.41, 5.74) is 7.10. The van der Waals surface area contributed by atoms with E-state index >= 15 is 0 Å². The maximum atomic E-state index is 4.40. The number of H-pyrrole nitrogens is 1. The number of fused-ring (bicyclic) bond motifs is 3. The lowest BCUT2D eigenvalue weighted by molar-refractivity contribution is 1.01. The number of aromatic amines is 1. The Hall–Kier alpha value is -3.35. The lowest BCUT2D eigenvalue weighted by Crippen LogP contribution is -1.99. The summed E-state index contributed by atoms with van der Waals surface area (Å²) in [7, 11) is 0. The van der Waals surface area contributed by atoms with E-state index in [0.717, 1.165) is 22.1 Å². The van der Waals surface area contributed by atoms with E-state index in [9.17, 15) is 0 Å². The Bertz CT molecular complexity index is 1000. The number of aryl methyl sites for hydroxylation is 1. The minimum Gasteiger partial charge on any atom is -0.338 e. The van der Waals surface area contributed by atoms with Gasteiger partial charge in [0.2, 0.25) is 0 Å². The van der Waals surface area contributed by atoms with Crippen LogP contribution >= 0.6 is 0 Å². The quantitative estimate of drug-likeness (QED) is 0.448. The van der Waals surface area contributed by atoms with Crippen LogP contribution in [0.3, 0.4) is 0 Å². The average molecular weight is 303 g/mol. The van der Waals surface area contributed by atoms with Gasteiger partial charge in [0.25, 0.3) is 5.95 Å². The van der Waals surface area contributed by atoms with Gasteiger partial charge in [-0.15, -0.1) is 10.2 Å². The van der Waals surface area contributed by atoms with E-state index in [1.807, 2.05) is 37.3 Å². The zero-order valence-corrected chi connectivity index (χ0v) is 12.4. The molecule has 0 aliphatic heterocycles. The van der Waals surface area contributed by atoms with Crippen LogP contribution in [0.1, 0.15) is 11.3 Å². The monoisotopic (exact) mass is 303 g/mol. The zero-order valence-electron chi connectivity index (χ0n) is 12.4. The van der Waals surface area contributed by atoms with Gasteiger partial charge in [-0.05, 0) is 31.2 Å². The molecule has 7 nitrogen and oxygen atoms in total. The molecular formula is C16H13N7. The number of hydrogen-bond acceptors (Lipinski definition) is 6. The fourth-order valence-corrected chi connectivity index (χ4v) is 2.34. The van der Waals surface area contributed by atoms with Gasteiger partial charge in [-0.25, -0.2) is 5.43 Å². The standard InChI is InChI=1S/C16H13N7/c1-10-5-6-13-12(8-10)14-15(19-13)20-16(23-21-14)22-18-9-11-4-2-3-7-17-11/h2-9H,1H3,(H2,19,20,22,23)/b18-9-.